The van der Waals surface area contributed by atoms with Crippen LogP contribution in [0.1, 0.15) is 25.1 Å². The number of rotatable bonds is 2. The Hall–Kier alpha value is -1.87. The highest BCUT2D eigenvalue weighted by atomic mass is 79.9. The van der Waals surface area contributed by atoms with Crippen LogP contribution in [-0.2, 0) is 13.0 Å². The third kappa shape index (κ3) is 2.86. The Labute approximate surface area is 145 Å². The molecule has 0 amide bonds. The van der Waals surface area contributed by atoms with Gasteiger partial charge in [0.05, 0.1) is 6.54 Å². The molecule has 3 heteroatoms. The third-order valence-electron chi connectivity index (χ3n) is 4.56. The number of aryl methyl sites for hydroxylation is 1. The lowest BCUT2D eigenvalue weighted by Crippen LogP contribution is -2.35. The number of fused-ring (bicyclic) bond motifs is 1. The molecule has 0 spiro atoms. The smallest absolute Gasteiger partial charge is 0.233 e. The first kappa shape index (κ1) is 14.7. The van der Waals surface area contributed by atoms with Crippen LogP contribution in [0.5, 0.6) is 0 Å². The van der Waals surface area contributed by atoms with Crippen LogP contribution in [-0.4, -0.2) is 4.57 Å². The molecule has 0 radical (unpaired) electrons. The van der Waals surface area contributed by atoms with Crippen molar-refractivity contribution in [1.29, 1.82) is 0 Å². The van der Waals surface area contributed by atoms with Crippen molar-refractivity contribution < 1.29 is 4.57 Å². The van der Waals surface area contributed by atoms with E-state index in [4.69, 9.17) is 0 Å². The van der Waals surface area contributed by atoms with Gasteiger partial charge in [0.2, 0.25) is 0 Å². The average molecular weight is 368 g/mol. The fourth-order valence-corrected chi connectivity index (χ4v) is 3.69. The average Bonchev–Trinajstić information content (AvgIpc) is 2.79. The molecule has 23 heavy (non-hydrogen) atoms. The molecular weight excluding hydrogens is 348 g/mol. The molecule has 116 valence electrons. The summed E-state index contributed by atoms with van der Waals surface area (Å²) in [6.07, 6.45) is 7.35. The molecule has 0 fully saturated rings. The number of para-hydroxylation sites is 1. The minimum atomic E-state index is 1.12. The van der Waals surface area contributed by atoms with Gasteiger partial charge in [-0.15, -0.1) is 0 Å². The molecule has 0 saturated heterocycles. The highest BCUT2D eigenvalue weighted by Gasteiger charge is 2.26. The topological polar surface area (TPSA) is 8.81 Å². The van der Waals surface area contributed by atoms with Crippen molar-refractivity contribution in [2.45, 2.75) is 32.2 Å². The van der Waals surface area contributed by atoms with Crippen molar-refractivity contribution in [3.05, 3.63) is 71.1 Å². The van der Waals surface area contributed by atoms with E-state index in [0.29, 0.717) is 0 Å². The summed E-state index contributed by atoms with van der Waals surface area (Å²) in [4.78, 5) is 0. The normalized spacial score (nSPS) is 14.3. The van der Waals surface area contributed by atoms with Crippen LogP contribution in [0.25, 0.3) is 16.9 Å². The van der Waals surface area contributed by atoms with Crippen LogP contribution in [0, 0.1) is 0 Å². The molecule has 0 bridgehead atoms. The first-order valence-electron chi connectivity index (χ1n) is 8.28. The van der Waals surface area contributed by atoms with E-state index >= 15 is 0 Å². The predicted octanol–water partition coefficient (Wildman–Crippen LogP) is 4.92. The summed E-state index contributed by atoms with van der Waals surface area (Å²) in [5, 5.41) is 0. The molecule has 0 atom stereocenters. The highest BCUT2D eigenvalue weighted by Crippen LogP contribution is 2.27. The van der Waals surface area contributed by atoms with Gasteiger partial charge >= 0.3 is 0 Å². The van der Waals surface area contributed by atoms with Crippen molar-refractivity contribution in [1.82, 2.24) is 4.57 Å². The zero-order chi connectivity index (χ0) is 15.6. The molecular formula is C20H20BrN2+. The molecule has 1 aliphatic rings. The van der Waals surface area contributed by atoms with Crippen molar-refractivity contribution in [3.63, 3.8) is 0 Å². The van der Waals surface area contributed by atoms with Crippen LogP contribution in [0.4, 0.5) is 0 Å². The van der Waals surface area contributed by atoms with Gasteiger partial charge in [-0.2, -0.15) is 4.57 Å². The molecule has 3 aromatic rings. The van der Waals surface area contributed by atoms with E-state index in [1.807, 2.05) is 0 Å². The van der Waals surface area contributed by atoms with E-state index in [2.05, 4.69) is 85.9 Å². The Kier molecular flexibility index (Phi) is 4.04. The van der Waals surface area contributed by atoms with Crippen LogP contribution in [0.2, 0.25) is 0 Å². The lowest BCUT2D eigenvalue weighted by molar-refractivity contribution is -0.702. The van der Waals surface area contributed by atoms with Gasteiger partial charge in [-0.25, -0.2) is 4.57 Å². The Bertz CT molecular complexity index is 804. The van der Waals surface area contributed by atoms with Crippen LogP contribution < -0.4 is 4.57 Å². The molecule has 0 N–H and O–H groups in total. The van der Waals surface area contributed by atoms with E-state index in [1.54, 1.807) is 0 Å². The van der Waals surface area contributed by atoms with Gasteiger partial charge in [0, 0.05) is 16.5 Å². The van der Waals surface area contributed by atoms with Crippen LogP contribution in [0.3, 0.4) is 0 Å². The summed E-state index contributed by atoms with van der Waals surface area (Å²) >= 11 is 3.54. The quantitative estimate of drug-likeness (QED) is 0.568. The van der Waals surface area contributed by atoms with Crippen molar-refractivity contribution in [2.75, 3.05) is 0 Å². The first-order valence-corrected chi connectivity index (χ1v) is 9.08. The summed E-state index contributed by atoms with van der Waals surface area (Å²) in [6.45, 7) is 1.12. The number of aromatic nitrogens is 2. The second-order valence-electron chi connectivity index (χ2n) is 6.11. The molecule has 0 aliphatic carbocycles. The first-order chi connectivity index (χ1) is 11.3. The predicted molar refractivity (Wildman–Crippen MR) is 96.7 cm³/mol. The molecule has 0 saturated carbocycles. The largest absolute Gasteiger partial charge is 0.262 e. The Balaban J connectivity index is 1.93. The number of imidazole rings is 1. The van der Waals surface area contributed by atoms with E-state index in [1.165, 1.54) is 42.0 Å². The fraction of sp³-hybridized carbons (Fsp3) is 0.250. The second-order valence-corrected chi connectivity index (χ2v) is 7.03. The van der Waals surface area contributed by atoms with E-state index in [0.717, 1.165) is 17.4 Å². The molecule has 2 heterocycles. The maximum Gasteiger partial charge on any atom is 0.262 e. The SMILES string of the molecule is Brc1ccc(-c2c[n+]3c(n2-c2ccccc2)CCCCC3)cc1. The number of halogens is 1. The van der Waals surface area contributed by atoms with Gasteiger partial charge in [-0.1, -0.05) is 34.1 Å². The standard InChI is InChI=1S/C20H20BrN2/c21-17-12-10-16(11-13-17)19-15-22-14-6-2-5-9-20(22)23(19)18-7-3-1-4-8-18/h1,3-4,7-8,10-13,15H,2,5-6,9,14H2/q+1. The van der Waals surface area contributed by atoms with Gasteiger partial charge in [-0.3, -0.25) is 0 Å². The molecule has 1 aromatic heterocycles. The molecule has 4 rings (SSSR count). The zero-order valence-corrected chi connectivity index (χ0v) is 14.7. The number of benzene rings is 2. The van der Waals surface area contributed by atoms with Crippen molar-refractivity contribution in [3.8, 4) is 16.9 Å². The molecule has 1 aliphatic heterocycles. The Morgan fingerprint density at radius 2 is 1.65 bits per heavy atom. The summed E-state index contributed by atoms with van der Waals surface area (Å²) in [7, 11) is 0. The number of hydrogen-bond acceptors (Lipinski definition) is 0. The Morgan fingerprint density at radius 3 is 2.43 bits per heavy atom. The summed E-state index contributed by atoms with van der Waals surface area (Å²) in [6, 6.07) is 19.3. The van der Waals surface area contributed by atoms with E-state index < -0.39 is 0 Å². The fourth-order valence-electron chi connectivity index (χ4n) is 3.43. The van der Waals surface area contributed by atoms with Crippen LogP contribution >= 0.6 is 15.9 Å². The summed E-state index contributed by atoms with van der Waals surface area (Å²) < 4.78 is 6.01. The van der Waals surface area contributed by atoms with Crippen molar-refractivity contribution >= 4 is 15.9 Å². The summed E-state index contributed by atoms with van der Waals surface area (Å²) in [5.41, 5.74) is 3.79. The minimum absolute atomic E-state index is 1.12. The van der Waals surface area contributed by atoms with Gasteiger partial charge in [0.25, 0.3) is 5.82 Å². The number of hydrogen-bond donors (Lipinski definition) is 0. The molecule has 0 unspecified atom stereocenters. The second kappa shape index (κ2) is 6.32. The van der Waals surface area contributed by atoms with Crippen molar-refractivity contribution in [2.24, 2.45) is 0 Å². The maximum absolute atomic E-state index is 3.54. The highest BCUT2D eigenvalue weighted by molar-refractivity contribution is 9.10. The molecule has 2 nitrogen and oxygen atoms in total. The molecule has 2 aromatic carbocycles. The van der Waals surface area contributed by atoms with Crippen LogP contribution in [0.15, 0.2) is 65.3 Å². The Morgan fingerprint density at radius 1 is 0.870 bits per heavy atom. The lowest BCUT2D eigenvalue weighted by Gasteiger charge is -2.05. The van der Waals surface area contributed by atoms with Gasteiger partial charge < -0.3 is 0 Å². The third-order valence-corrected chi connectivity index (χ3v) is 5.09. The zero-order valence-electron chi connectivity index (χ0n) is 13.1. The van der Waals surface area contributed by atoms with Gasteiger partial charge in [-0.05, 0) is 55.7 Å². The van der Waals surface area contributed by atoms with Gasteiger partial charge in [0.1, 0.15) is 11.9 Å². The monoisotopic (exact) mass is 367 g/mol. The minimum Gasteiger partial charge on any atom is -0.233 e. The summed E-state index contributed by atoms with van der Waals surface area (Å²) in [5.74, 6) is 1.42. The van der Waals surface area contributed by atoms with Gasteiger partial charge in [0.15, 0.2) is 5.69 Å². The maximum atomic E-state index is 3.54. The lowest BCUT2D eigenvalue weighted by atomic mass is 10.1. The van der Waals surface area contributed by atoms with E-state index in [-0.39, 0.29) is 0 Å². The number of nitrogens with zero attached hydrogens (tertiary/aromatic N) is 2. The van der Waals surface area contributed by atoms with E-state index in [9.17, 15) is 0 Å².